The Morgan fingerprint density at radius 2 is 1.64 bits per heavy atom. The molecule has 1 rings (SSSR count). The average molecular weight is 237 g/mol. The number of nitrogen functional groups attached to an aromatic ring is 1. The molecule has 1 aromatic carbocycles. The van der Waals surface area contributed by atoms with Gasteiger partial charge in [-0.15, -0.1) is 24.8 Å². The van der Waals surface area contributed by atoms with Gasteiger partial charge in [-0.25, -0.2) is 0 Å². The van der Waals surface area contributed by atoms with E-state index in [1.54, 1.807) is 24.3 Å². The molecule has 0 aliphatic heterocycles. The Bertz CT molecular complexity index is 275. The van der Waals surface area contributed by atoms with Crippen LogP contribution in [0, 0.1) is 0 Å². The molecule has 14 heavy (non-hydrogen) atoms. The molecule has 0 bridgehead atoms. The van der Waals surface area contributed by atoms with Crippen LogP contribution in [0.2, 0.25) is 0 Å². The monoisotopic (exact) mass is 236 g/mol. The van der Waals surface area contributed by atoms with E-state index in [4.69, 9.17) is 11.5 Å². The molecule has 0 aromatic heterocycles. The van der Waals surface area contributed by atoms with Gasteiger partial charge in [-0.3, -0.25) is 4.79 Å². The number of carbonyl (C=O) groups excluding carboxylic acids is 1. The van der Waals surface area contributed by atoms with E-state index in [9.17, 15) is 4.79 Å². The number of anilines is 1. The number of benzene rings is 1. The molecule has 0 aliphatic rings. The summed E-state index contributed by atoms with van der Waals surface area (Å²) in [6.45, 7) is 0.392. The molecule has 4 N–H and O–H groups in total. The minimum atomic E-state index is 0. The first-order chi connectivity index (χ1) is 5.74. The second-order valence-corrected chi connectivity index (χ2v) is 2.58. The lowest BCUT2D eigenvalue weighted by atomic mass is 10.1. The third-order valence-corrected chi connectivity index (χ3v) is 1.60. The summed E-state index contributed by atoms with van der Waals surface area (Å²) in [7, 11) is 0. The van der Waals surface area contributed by atoms with Crippen LogP contribution in [0.4, 0.5) is 5.69 Å². The van der Waals surface area contributed by atoms with Gasteiger partial charge in [0.05, 0.1) is 0 Å². The highest BCUT2D eigenvalue weighted by Gasteiger charge is 2.02. The van der Waals surface area contributed by atoms with E-state index in [1.165, 1.54) is 0 Å². The number of carbonyl (C=O) groups is 1. The molecule has 80 valence electrons. The van der Waals surface area contributed by atoms with Crippen LogP contribution in [0.25, 0.3) is 0 Å². The molecule has 5 heteroatoms. The number of ketones is 1. The zero-order valence-corrected chi connectivity index (χ0v) is 9.24. The van der Waals surface area contributed by atoms with Crippen molar-refractivity contribution < 1.29 is 4.79 Å². The normalized spacial score (nSPS) is 8.36. The fourth-order valence-electron chi connectivity index (χ4n) is 0.944. The van der Waals surface area contributed by atoms with Crippen molar-refractivity contribution in [1.29, 1.82) is 0 Å². The first-order valence-corrected chi connectivity index (χ1v) is 3.83. The number of halogens is 2. The summed E-state index contributed by atoms with van der Waals surface area (Å²) in [6, 6.07) is 6.86. The van der Waals surface area contributed by atoms with Crippen LogP contribution in [-0.2, 0) is 0 Å². The second-order valence-electron chi connectivity index (χ2n) is 2.58. The summed E-state index contributed by atoms with van der Waals surface area (Å²) in [5.41, 5.74) is 12.1. The highest BCUT2D eigenvalue weighted by atomic mass is 35.5. The third-order valence-electron chi connectivity index (χ3n) is 1.60. The lowest BCUT2D eigenvalue weighted by Gasteiger charge is -1.98. The Morgan fingerprint density at radius 3 is 2.07 bits per heavy atom. The summed E-state index contributed by atoms with van der Waals surface area (Å²) < 4.78 is 0. The number of hydrogen-bond acceptors (Lipinski definition) is 3. The van der Waals surface area contributed by atoms with Gasteiger partial charge in [0, 0.05) is 17.7 Å². The molecule has 0 atom stereocenters. The van der Waals surface area contributed by atoms with Gasteiger partial charge in [0.1, 0.15) is 0 Å². The van der Waals surface area contributed by atoms with Crippen LogP contribution in [0.3, 0.4) is 0 Å². The standard InChI is InChI=1S/C9H12N2O.2ClH/c10-6-5-9(12)7-1-3-8(11)4-2-7;;/h1-4H,5-6,10-11H2;2*1H. The third kappa shape index (κ3) is 4.46. The van der Waals surface area contributed by atoms with Gasteiger partial charge < -0.3 is 11.5 Å². The van der Waals surface area contributed by atoms with Crippen LogP contribution in [0.5, 0.6) is 0 Å². The van der Waals surface area contributed by atoms with Crippen molar-refractivity contribution in [3.05, 3.63) is 29.8 Å². The quantitative estimate of drug-likeness (QED) is 0.620. The Kier molecular flexibility index (Phi) is 8.54. The average Bonchev–Trinajstić information content (AvgIpc) is 2.06. The lowest BCUT2D eigenvalue weighted by Crippen LogP contribution is -2.07. The largest absolute Gasteiger partial charge is 0.399 e. The first kappa shape index (κ1) is 15.7. The SMILES string of the molecule is Cl.Cl.NCCC(=O)c1ccc(N)cc1. The van der Waals surface area contributed by atoms with E-state index in [-0.39, 0.29) is 30.6 Å². The summed E-state index contributed by atoms with van der Waals surface area (Å²) in [5.74, 6) is 0.0671. The van der Waals surface area contributed by atoms with Crippen molar-refractivity contribution >= 4 is 36.3 Å². The maximum absolute atomic E-state index is 11.2. The molecule has 0 saturated heterocycles. The molecule has 0 heterocycles. The van der Waals surface area contributed by atoms with Gasteiger partial charge in [0.25, 0.3) is 0 Å². The van der Waals surface area contributed by atoms with Crippen molar-refractivity contribution in [1.82, 2.24) is 0 Å². The predicted molar refractivity (Wildman–Crippen MR) is 63.4 cm³/mol. The highest BCUT2D eigenvalue weighted by Crippen LogP contribution is 2.07. The Hall–Kier alpha value is -0.770. The fraction of sp³-hybridized carbons (Fsp3) is 0.222. The molecule has 0 amide bonds. The molecule has 0 aliphatic carbocycles. The maximum Gasteiger partial charge on any atom is 0.164 e. The van der Waals surface area contributed by atoms with Gasteiger partial charge in [-0.1, -0.05) is 0 Å². The van der Waals surface area contributed by atoms with Gasteiger partial charge in [0.2, 0.25) is 0 Å². The molecule has 0 fully saturated rings. The summed E-state index contributed by atoms with van der Waals surface area (Å²) in [6.07, 6.45) is 0.393. The van der Waals surface area contributed by atoms with E-state index in [2.05, 4.69) is 0 Å². The topological polar surface area (TPSA) is 69.1 Å². The number of nitrogens with two attached hydrogens (primary N) is 2. The van der Waals surface area contributed by atoms with Crippen molar-refractivity contribution in [3.63, 3.8) is 0 Å². The Labute approximate surface area is 95.7 Å². The fourth-order valence-corrected chi connectivity index (χ4v) is 0.944. The summed E-state index contributed by atoms with van der Waals surface area (Å²) >= 11 is 0. The highest BCUT2D eigenvalue weighted by molar-refractivity contribution is 5.96. The van der Waals surface area contributed by atoms with Gasteiger partial charge >= 0.3 is 0 Å². The van der Waals surface area contributed by atoms with Crippen molar-refractivity contribution in [2.75, 3.05) is 12.3 Å². The van der Waals surface area contributed by atoms with E-state index in [0.717, 1.165) is 0 Å². The minimum Gasteiger partial charge on any atom is -0.399 e. The number of hydrogen-bond donors (Lipinski definition) is 2. The molecular formula is C9H14Cl2N2O. The van der Waals surface area contributed by atoms with Crippen LogP contribution in [0.15, 0.2) is 24.3 Å². The smallest absolute Gasteiger partial charge is 0.164 e. The minimum absolute atomic E-state index is 0. The second kappa shape index (κ2) is 7.62. The van der Waals surface area contributed by atoms with Gasteiger partial charge in [-0.2, -0.15) is 0 Å². The van der Waals surface area contributed by atoms with E-state index >= 15 is 0 Å². The Balaban J connectivity index is 0. The molecule has 0 unspecified atom stereocenters. The Morgan fingerprint density at radius 1 is 1.14 bits per heavy atom. The van der Waals surface area contributed by atoms with Crippen LogP contribution >= 0.6 is 24.8 Å². The summed E-state index contributed by atoms with van der Waals surface area (Å²) in [4.78, 5) is 11.2. The number of rotatable bonds is 3. The van der Waals surface area contributed by atoms with Crippen LogP contribution in [-0.4, -0.2) is 12.3 Å². The van der Waals surface area contributed by atoms with Gasteiger partial charge in [0.15, 0.2) is 5.78 Å². The molecule has 0 saturated carbocycles. The zero-order chi connectivity index (χ0) is 8.97. The van der Waals surface area contributed by atoms with E-state index < -0.39 is 0 Å². The lowest BCUT2D eigenvalue weighted by molar-refractivity contribution is 0.0985. The van der Waals surface area contributed by atoms with Crippen LogP contribution < -0.4 is 11.5 Å². The number of Topliss-reactive ketones (excluding diaryl/α,β-unsaturated/α-hetero) is 1. The van der Waals surface area contributed by atoms with Crippen molar-refractivity contribution in [2.45, 2.75) is 6.42 Å². The summed E-state index contributed by atoms with van der Waals surface area (Å²) in [5, 5.41) is 0. The zero-order valence-electron chi connectivity index (χ0n) is 7.60. The predicted octanol–water partition coefficient (Wildman–Crippen LogP) is 1.64. The molecule has 0 radical (unpaired) electrons. The van der Waals surface area contributed by atoms with E-state index in [1.807, 2.05) is 0 Å². The van der Waals surface area contributed by atoms with Crippen molar-refractivity contribution in [2.24, 2.45) is 5.73 Å². The molecule has 3 nitrogen and oxygen atoms in total. The van der Waals surface area contributed by atoms with Gasteiger partial charge in [-0.05, 0) is 30.8 Å². The van der Waals surface area contributed by atoms with Crippen LogP contribution in [0.1, 0.15) is 16.8 Å². The molecular weight excluding hydrogens is 223 g/mol. The maximum atomic E-state index is 11.2. The molecule has 1 aromatic rings. The molecule has 0 spiro atoms. The first-order valence-electron chi connectivity index (χ1n) is 3.83. The van der Waals surface area contributed by atoms with Crippen molar-refractivity contribution in [3.8, 4) is 0 Å². The van der Waals surface area contributed by atoms with E-state index in [0.29, 0.717) is 24.2 Å².